The molecule has 0 spiro atoms. The first-order valence-corrected chi connectivity index (χ1v) is 4.54. The van der Waals surface area contributed by atoms with Crippen molar-refractivity contribution in [1.82, 2.24) is 9.78 Å². The summed E-state index contributed by atoms with van der Waals surface area (Å²) in [6.45, 7) is 0.260. The lowest BCUT2D eigenvalue weighted by Crippen LogP contribution is -2.05. The molecule has 0 amide bonds. The van der Waals surface area contributed by atoms with E-state index < -0.39 is 5.97 Å². The number of phenolic OH excluding ortho intramolecular Hbond substituents is 1. The van der Waals surface area contributed by atoms with Crippen molar-refractivity contribution in [3.8, 4) is 5.75 Å². The highest BCUT2D eigenvalue weighted by Crippen LogP contribution is 2.23. The minimum atomic E-state index is -0.880. The smallest absolute Gasteiger partial charge is 0.305 e. The van der Waals surface area contributed by atoms with Crippen LogP contribution in [0.15, 0.2) is 24.4 Å². The van der Waals surface area contributed by atoms with Crippen molar-refractivity contribution in [3.05, 3.63) is 24.4 Å². The zero-order valence-corrected chi connectivity index (χ0v) is 7.92. The van der Waals surface area contributed by atoms with E-state index in [0.29, 0.717) is 5.52 Å². The topological polar surface area (TPSA) is 75.3 Å². The van der Waals surface area contributed by atoms with E-state index in [-0.39, 0.29) is 18.7 Å². The molecule has 2 N–H and O–H groups in total. The molecule has 2 rings (SSSR count). The minimum Gasteiger partial charge on any atom is -0.506 e. The van der Waals surface area contributed by atoms with Gasteiger partial charge in [-0.1, -0.05) is 12.1 Å². The molecule has 15 heavy (non-hydrogen) atoms. The molecule has 0 bridgehead atoms. The number of aryl methyl sites for hydroxylation is 1. The van der Waals surface area contributed by atoms with Crippen LogP contribution in [0.3, 0.4) is 0 Å². The average Bonchev–Trinajstić information content (AvgIpc) is 2.59. The van der Waals surface area contributed by atoms with Gasteiger partial charge in [0.1, 0.15) is 11.3 Å². The third-order valence-corrected chi connectivity index (χ3v) is 2.18. The van der Waals surface area contributed by atoms with E-state index in [1.807, 2.05) is 6.07 Å². The zero-order valence-electron chi connectivity index (χ0n) is 7.92. The van der Waals surface area contributed by atoms with E-state index in [1.165, 1.54) is 4.68 Å². The number of para-hydroxylation sites is 1. The molecule has 0 aliphatic rings. The van der Waals surface area contributed by atoms with Crippen molar-refractivity contribution >= 4 is 16.9 Å². The number of carbonyl (C=O) groups is 1. The van der Waals surface area contributed by atoms with Crippen LogP contribution >= 0.6 is 0 Å². The summed E-state index contributed by atoms with van der Waals surface area (Å²) in [6, 6.07) is 5.10. The largest absolute Gasteiger partial charge is 0.506 e. The molecule has 0 unspecified atom stereocenters. The van der Waals surface area contributed by atoms with Gasteiger partial charge in [0.25, 0.3) is 0 Å². The number of fused-ring (bicyclic) bond motifs is 1. The average molecular weight is 206 g/mol. The Kier molecular flexibility index (Phi) is 2.29. The van der Waals surface area contributed by atoms with Gasteiger partial charge in [0.05, 0.1) is 19.2 Å². The first-order chi connectivity index (χ1) is 7.18. The number of aromatic hydroxyl groups is 1. The molecular formula is C10H10N2O3. The van der Waals surface area contributed by atoms with E-state index in [9.17, 15) is 9.90 Å². The van der Waals surface area contributed by atoms with Gasteiger partial charge in [0.15, 0.2) is 0 Å². The third kappa shape index (κ3) is 1.76. The monoisotopic (exact) mass is 206 g/mol. The molecule has 5 heteroatoms. The Balaban J connectivity index is 2.39. The van der Waals surface area contributed by atoms with Gasteiger partial charge in [0, 0.05) is 5.39 Å². The maximum absolute atomic E-state index is 10.4. The zero-order chi connectivity index (χ0) is 10.8. The molecule has 1 aromatic heterocycles. The number of carboxylic acids is 1. The summed E-state index contributed by atoms with van der Waals surface area (Å²) in [6.07, 6.45) is 1.60. The summed E-state index contributed by atoms with van der Waals surface area (Å²) < 4.78 is 1.50. The van der Waals surface area contributed by atoms with Crippen molar-refractivity contribution in [2.75, 3.05) is 0 Å². The van der Waals surface area contributed by atoms with Crippen molar-refractivity contribution in [3.63, 3.8) is 0 Å². The van der Waals surface area contributed by atoms with Crippen molar-refractivity contribution < 1.29 is 15.0 Å². The number of carboxylic acid groups (broad SMARTS) is 1. The first kappa shape index (κ1) is 9.51. The lowest BCUT2D eigenvalue weighted by molar-refractivity contribution is -0.137. The van der Waals surface area contributed by atoms with E-state index in [0.717, 1.165) is 5.39 Å². The Hall–Kier alpha value is -2.04. The van der Waals surface area contributed by atoms with Crippen LogP contribution in [-0.4, -0.2) is 26.0 Å². The number of phenols is 1. The van der Waals surface area contributed by atoms with Crippen LogP contribution in [0, 0.1) is 0 Å². The summed E-state index contributed by atoms with van der Waals surface area (Å²) in [5.41, 5.74) is 0.582. The summed E-state index contributed by atoms with van der Waals surface area (Å²) in [5, 5.41) is 23.0. The van der Waals surface area contributed by atoms with Crippen LogP contribution < -0.4 is 0 Å². The van der Waals surface area contributed by atoms with E-state index in [2.05, 4.69) is 5.10 Å². The van der Waals surface area contributed by atoms with Crippen LogP contribution in [0.25, 0.3) is 10.9 Å². The quantitative estimate of drug-likeness (QED) is 0.791. The summed E-state index contributed by atoms with van der Waals surface area (Å²) >= 11 is 0. The fourth-order valence-electron chi connectivity index (χ4n) is 1.49. The number of hydrogen-bond acceptors (Lipinski definition) is 3. The van der Waals surface area contributed by atoms with E-state index >= 15 is 0 Å². The van der Waals surface area contributed by atoms with Gasteiger partial charge in [-0.3, -0.25) is 9.48 Å². The summed E-state index contributed by atoms with van der Waals surface area (Å²) in [4.78, 5) is 10.4. The molecule has 0 aliphatic heterocycles. The van der Waals surface area contributed by atoms with E-state index in [4.69, 9.17) is 5.11 Å². The number of aliphatic carboxylic acids is 1. The second-order valence-electron chi connectivity index (χ2n) is 3.23. The van der Waals surface area contributed by atoms with Gasteiger partial charge in [-0.25, -0.2) is 0 Å². The van der Waals surface area contributed by atoms with Crippen molar-refractivity contribution in [2.45, 2.75) is 13.0 Å². The molecule has 2 aromatic rings. The van der Waals surface area contributed by atoms with Gasteiger partial charge in [-0.2, -0.15) is 5.10 Å². The number of benzene rings is 1. The van der Waals surface area contributed by atoms with Crippen LogP contribution in [-0.2, 0) is 11.3 Å². The predicted molar refractivity (Wildman–Crippen MR) is 53.7 cm³/mol. The molecule has 0 saturated carbocycles. The second-order valence-corrected chi connectivity index (χ2v) is 3.23. The Morgan fingerprint density at radius 1 is 1.47 bits per heavy atom. The molecule has 1 aromatic carbocycles. The maximum atomic E-state index is 10.4. The van der Waals surface area contributed by atoms with Crippen LogP contribution in [0.4, 0.5) is 0 Å². The van der Waals surface area contributed by atoms with Gasteiger partial charge in [0.2, 0.25) is 0 Å². The molecular weight excluding hydrogens is 196 g/mol. The van der Waals surface area contributed by atoms with Crippen molar-refractivity contribution in [2.24, 2.45) is 0 Å². The molecule has 5 nitrogen and oxygen atoms in total. The number of rotatable bonds is 3. The highest BCUT2D eigenvalue weighted by Gasteiger charge is 2.07. The fraction of sp³-hybridized carbons (Fsp3) is 0.200. The standard InChI is InChI=1S/C10H10N2O3/c13-8-3-1-2-7-6-11-12(10(7)8)5-4-9(14)15/h1-3,6,13H,4-5H2,(H,14,15). The number of hydrogen-bond donors (Lipinski definition) is 2. The van der Waals surface area contributed by atoms with Gasteiger partial charge in [-0.05, 0) is 6.07 Å². The Morgan fingerprint density at radius 3 is 3.00 bits per heavy atom. The Labute approximate surface area is 85.6 Å². The normalized spacial score (nSPS) is 10.7. The third-order valence-electron chi connectivity index (χ3n) is 2.18. The molecule has 0 saturated heterocycles. The summed E-state index contributed by atoms with van der Waals surface area (Å²) in [5.74, 6) is -0.760. The highest BCUT2D eigenvalue weighted by atomic mass is 16.4. The Bertz CT molecular complexity index is 504. The number of nitrogens with zero attached hydrogens (tertiary/aromatic N) is 2. The molecule has 1 heterocycles. The molecule has 0 atom stereocenters. The SMILES string of the molecule is O=C(O)CCn1ncc2cccc(O)c21. The molecule has 78 valence electrons. The highest BCUT2D eigenvalue weighted by molar-refractivity contribution is 5.84. The van der Waals surface area contributed by atoms with Gasteiger partial charge < -0.3 is 10.2 Å². The first-order valence-electron chi connectivity index (χ1n) is 4.54. The van der Waals surface area contributed by atoms with Gasteiger partial charge >= 0.3 is 5.97 Å². The van der Waals surface area contributed by atoms with E-state index in [1.54, 1.807) is 18.3 Å². The lowest BCUT2D eigenvalue weighted by Gasteiger charge is -2.02. The lowest BCUT2D eigenvalue weighted by atomic mass is 10.2. The van der Waals surface area contributed by atoms with Crippen molar-refractivity contribution in [1.29, 1.82) is 0 Å². The Morgan fingerprint density at radius 2 is 2.27 bits per heavy atom. The van der Waals surface area contributed by atoms with Crippen LogP contribution in [0.2, 0.25) is 0 Å². The van der Waals surface area contributed by atoms with Crippen LogP contribution in [0.1, 0.15) is 6.42 Å². The number of aromatic nitrogens is 2. The fourth-order valence-corrected chi connectivity index (χ4v) is 1.49. The summed E-state index contributed by atoms with van der Waals surface area (Å²) in [7, 11) is 0. The minimum absolute atomic E-state index is 0.00882. The predicted octanol–water partition coefficient (Wildman–Crippen LogP) is 1.22. The molecule has 0 fully saturated rings. The van der Waals surface area contributed by atoms with Crippen LogP contribution in [0.5, 0.6) is 5.75 Å². The second kappa shape index (κ2) is 3.61. The molecule has 0 aliphatic carbocycles. The maximum Gasteiger partial charge on any atom is 0.305 e. The van der Waals surface area contributed by atoms with Gasteiger partial charge in [-0.15, -0.1) is 0 Å². The molecule has 0 radical (unpaired) electrons.